The number of carbonyl (C=O) groups excluding carboxylic acids is 2. The van der Waals surface area contributed by atoms with Crippen LogP contribution < -0.4 is 16.0 Å². The molecule has 2 aromatic carbocycles. The summed E-state index contributed by atoms with van der Waals surface area (Å²) < 4.78 is 0. The summed E-state index contributed by atoms with van der Waals surface area (Å²) in [5.74, 6) is -1.76. The highest BCUT2D eigenvalue weighted by atomic mass is 16.4. The molecule has 0 bridgehead atoms. The van der Waals surface area contributed by atoms with Gasteiger partial charge in [-0.15, -0.1) is 0 Å². The summed E-state index contributed by atoms with van der Waals surface area (Å²) in [6, 6.07) is 13.0. The summed E-state index contributed by atoms with van der Waals surface area (Å²) in [7, 11) is 0. The molecule has 1 saturated heterocycles. The lowest BCUT2D eigenvalue weighted by Crippen LogP contribution is -2.56. The quantitative estimate of drug-likeness (QED) is 0.453. The normalized spacial score (nSPS) is 16.7. The minimum absolute atomic E-state index is 0.0137. The van der Waals surface area contributed by atoms with E-state index in [0.717, 1.165) is 35.7 Å². The summed E-state index contributed by atoms with van der Waals surface area (Å²) in [6.07, 6.45) is 1.88. The van der Waals surface area contributed by atoms with Gasteiger partial charge in [-0.2, -0.15) is 0 Å². The Morgan fingerprint density at radius 2 is 1.97 bits per heavy atom. The first-order valence-electron chi connectivity index (χ1n) is 10.6. The smallest absolute Gasteiger partial charge is 0.328 e. The Labute approximate surface area is 182 Å². The number of benzene rings is 2. The van der Waals surface area contributed by atoms with Gasteiger partial charge in [-0.05, 0) is 35.7 Å². The number of carbonyl (C=O) groups is 3. The molecule has 8 heteroatoms. The first-order valence-corrected chi connectivity index (χ1v) is 10.6. The Hall–Kier alpha value is -2.97. The fraction of sp³-hybridized carbons (Fsp3) is 0.435. The van der Waals surface area contributed by atoms with Crippen molar-refractivity contribution in [2.24, 2.45) is 0 Å². The van der Waals surface area contributed by atoms with Crippen molar-refractivity contribution in [1.29, 1.82) is 0 Å². The fourth-order valence-electron chi connectivity index (χ4n) is 3.98. The number of hydrogen-bond acceptors (Lipinski definition) is 5. The van der Waals surface area contributed by atoms with Crippen LogP contribution in [-0.2, 0) is 20.9 Å². The van der Waals surface area contributed by atoms with E-state index in [-0.39, 0.29) is 30.9 Å². The number of nitrogens with zero attached hydrogens (tertiary/aromatic N) is 1. The van der Waals surface area contributed by atoms with Gasteiger partial charge in [-0.1, -0.05) is 42.5 Å². The number of rotatable bonds is 10. The molecular formula is C23H30N4O4. The Bertz CT molecular complexity index is 921. The average Bonchev–Trinajstić information content (AvgIpc) is 3.26. The molecule has 1 fully saturated rings. The van der Waals surface area contributed by atoms with Crippen molar-refractivity contribution in [2.75, 3.05) is 26.2 Å². The second-order valence-corrected chi connectivity index (χ2v) is 7.87. The van der Waals surface area contributed by atoms with Crippen LogP contribution in [0.4, 0.5) is 0 Å². The molecule has 166 valence electrons. The summed E-state index contributed by atoms with van der Waals surface area (Å²) in [5.41, 5.74) is 1.07. The van der Waals surface area contributed by atoms with Gasteiger partial charge in [0.15, 0.2) is 0 Å². The number of amides is 2. The molecule has 0 aliphatic carbocycles. The van der Waals surface area contributed by atoms with Gasteiger partial charge in [0.25, 0.3) is 0 Å². The van der Waals surface area contributed by atoms with Crippen LogP contribution in [0.15, 0.2) is 42.5 Å². The lowest BCUT2D eigenvalue weighted by atomic mass is 10.0. The van der Waals surface area contributed by atoms with Crippen LogP contribution in [0.1, 0.15) is 25.3 Å². The summed E-state index contributed by atoms with van der Waals surface area (Å²) in [4.78, 5) is 37.6. The molecule has 0 spiro atoms. The zero-order valence-electron chi connectivity index (χ0n) is 17.8. The topological polar surface area (TPSA) is 111 Å². The molecule has 0 saturated carbocycles. The number of nitrogens with one attached hydrogen (secondary N) is 3. The molecule has 1 heterocycles. The number of hydrogen-bond donors (Lipinski definition) is 4. The maximum atomic E-state index is 13.0. The van der Waals surface area contributed by atoms with Gasteiger partial charge in [0.1, 0.15) is 6.04 Å². The van der Waals surface area contributed by atoms with Crippen LogP contribution in [0.2, 0.25) is 0 Å². The largest absolute Gasteiger partial charge is 0.480 e. The number of carboxylic acid groups (broad SMARTS) is 1. The van der Waals surface area contributed by atoms with Crippen molar-refractivity contribution in [3.63, 3.8) is 0 Å². The maximum absolute atomic E-state index is 13.0. The van der Waals surface area contributed by atoms with Crippen LogP contribution in [0.25, 0.3) is 10.8 Å². The fourth-order valence-corrected chi connectivity index (χ4v) is 3.98. The first-order chi connectivity index (χ1) is 15.0. The van der Waals surface area contributed by atoms with E-state index in [2.05, 4.69) is 16.0 Å². The Kier molecular flexibility index (Phi) is 7.97. The summed E-state index contributed by atoms with van der Waals surface area (Å²) in [5, 5.41) is 21.0. The molecule has 31 heavy (non-hydrogen) atoms. The zero-order valence-corrected chi connectivity index (χ0v) is 17.8. The third-order valence-electron chi connectivity index (χ3n) is 5.58. The molecule has 2 atom stereocenters. The van der Waals surface area contributed by atoms with Crippen LogP contribution in [0.3, 0.4) is 0 Å². The van der Waals surface area contributed by atoms with E-state index in [0.29, 0.717) is 13.1 Å². The second-order valence-electron chi connectivity index (χ2n) is 7.87. The van der Waals surface area contributed by atoms with E-state index in [1.165, 1.54) is 11.8 Å². The van der Waals surface area contributed by atoms with Gasteiger partial charge < -0.3 is 26.0 Å². The predicted molar refractivity (Wildman–Crippen MR) is 118 cm³/mol. The standard InChI is InChI=1S/C23H30N4O4/c1-16(28)26-13-21(23(30)31)27(15-19-9-5-11-25-19)22(29)14-24-12-18-8-4-7-17-6-2-3-10-20(17)18/h2-4,6-8,10,19,21,24-25H,5,9,11-15H2,1H3,(H,26,28)(H,30,31)/t19?,21-/m0/s1. The van der Waals surface area contributed by atoms with E-state index in [1.54, 1.807) is 0 Å². The highest BCUT2D eigenvalue weighted by molar-refractivity contribution is 5.87. The van der Waals surface area contributed by atoms with Crippen molar-refractivity contribution in [3.05, 3.63) is 48.0 Å². The highest BCUT2D eigenvalue weighted by Crippen LogP contribution is 2.18. The SMILES string of the molecule is CC(=O)NC[C@@H](C(=O)O)N(CC1CCCN1)C(=O)CNCc1cccc2ccccc12. The van der Waals surface area contributed by atoms with Crippen molar-refractivity contribution in [2.45, 2.75) is 38.4 Å². The molecular weight excluding hydrogens is 396 g/mol. The van der Waals surface area contributed by atoms with Crippen LogP contribution in [-0.4, -0.2) is 66.1 Å². The van der Waals surface area contributed by atoms with Crippen molar-refractivity contribution >= 4 is 28.6 Å². The summed E-state index contributed by atoms with van der Waals surface area (Å²) >= 11 is 0. The van der Waals surface area contributed by atoms with Gasteiger partial charge in [0, 0.05) is 32.6 Å². The van der Waals surface area contributed by atoms with Crippen LogP contribution >= 0.6 is 0 Å². The lowest BCUT2D eigenvalue weighted by Gasteiger charge is -2.31. The molecule has 1 aliphatic heterocycles. The Balaban J connectivity index is 1.67. The van der Waals surface area contributed by atoms with Gasteiger partial charge in [-0.3, -0.25) is 9.59 Å². The van der Waals surface area contributed by atoms with E-state index in [9.17, 15) is 19.5 Å². The molecule has 4 N–H and O–H groups in total. The highest BCUT2D eigenvalue weighted by Gasteiger charge is 2.32. The van der Waals surface area contributed by atoms with Crippen molar-refractivity contribution in [3.8, 4) is 0 Å². The summed E-state index contributed by atoms with van der Waals surface area (Å²) in [6.45, 7) is 2.87. The van der Waals surface area contributed by atoms with Gasteiger partial charge >= 0.3 is 5.97 Å². The molecule has 1 aliphatic rings. The molecule has 1 unspecified atom stereocenters. The van der Waals surface area contributed by atoms with Crippen LogP contribution in [0, 0.1) is 0 Å². The number of carboxylic acids is 1. The molecule has 0 aromatic heterocycles. The Morgan fingerprint density at radius 1 is 1.19 bits per heavy atom. The second kappa shape index (κ2) is 10.9. The monoisotopic (exact) mass is 426 g/mol. The van der Waals surface area contributed by atoms with E-state index in [1.807, 2.05) is 42.5 Å². The van der Waals surface area contributed by atoms with E-state index < -0.39 is 12.0 Å². The molecule has 2 amide bonds. The minimum atomic E-state index is -1.13. The third-order valence-corrected chi connectivity index (χ3v) is 5.58. The lowest BCUT2D eigenvalue weighted by molar-refractivity contribution is -0.150. The third kappa shape index (κ3) is 6.26. The number of aliphatic carboxylic acids is 1. The van der Waals surface area contributed by atoms with Crippen LogP contribution in [0.5, 0.6) is 0 Å². The molecule has 0 radical (unpaired) electrons. The molecule has 2 aromatic rings. The zero-order chi connectivity index (χ0) is 22.2. The number of fused-ring (bicyclic) bond motifs is 1. The first kappa shape index (κ1) is 22.7. The minimum Gasteiger partial charge on any atom is -0.480 e. The van der Waals surface area contributed by atoms with Crippen molar-refractivity contribution in [1.82, 2.24) is 20.9 Å². The average molecular weight is 427 g/mol. The van der Waals surface area contributed by atoms with E-state index in [4.69, 9.17) is 0 Å². The van der Waals surface area contributed by atoms with Gasteiger partial charge in [-0.25, -0.2) is 4.79 Å². The maximum Gasteiger partial charge on any atom is 0.328 e. The van der Waals surface area contributed by atoms with Gasteiger partial charge in [0.2, 0.25) is 11.8 Å². The predicted octanol–water partition coefficient (Wildman–Crippen LogP) is 1.10. The Morgan fingerprint density at radius 3 is 2.68 bits per heavy atom. The van der Waals surface area contributed by atoms with Gasteiger partial charge in [0.05, 0.1) is 6.54 Å². The molecule has 8 nitrogen and oxygen atoms in total. The molecule has 3 rings (SSSR count). The van der Waals surface area contributed by atoms with E-state index >= 15 is 0 Å². The van der Waals surface area contributed by atoms with Crippen molar-refractivity contribution < 1.29 is 19.5 Å².